The molecule has 0 radical (unpaired) electrons. The highest BCUT2D eigenvalue weighted by Gasteiger charge is 2.35. The van der Waals surface area contributed by atoms with Gasteiger partial charge in [-0.15, -0.1) is 0 Å². The molecule has 92 valence electrons. The molecule has 0 aliphatic heterocycles. The van der Waals surface area contributed by atoms with Crippen LogP contribution >= 0.6 is 0 Å². The molecular weight excluding hydrogens is 220 g/mol. The first-order valence-electron chi connectivity index (χ1n) is 6.44. The number of hydrogen-bond donors (Lipinski definition) is 1. The van der Waals surface area contributed by atoms with E-state index in [4.69, 9.17) is 0 Å². The van der Waals surface area contributed by atoms with Crippen molar-refractivity contribution in [2.45, 2.75) is 32.3 Å². The van der Waals surface area contributed by atoms with Crippen LogP contribution in [0.5, 0.6) is 0 Å². The Labute approximate surface area is 108 Å². The zero-order valence-corrected chi connectivity index (χ0v) is 11.1. The lowest BCUT2D eigenvalue weighted by Crippen LogP contribution is -2.15. The summed E-state index contributed by atoms with van der Waals surface area (Å²) in [4.78, 5) is 0. The van der Waals surface area contributed by atoms with Gasteiger partial charge in [0.05, 0.1) is 6.10 Å². The summed E-state index contributed by atoms with van der Waals surface area (Å²) in [6, 6.07) is 14.9. The fourth-order valence-corrected chi connectivity index (χ4v) is 2.98. The van der Waals surface area contributed by atoms with Gasteiger partial charge in [0.25, 0.3) is 0 Å². The zero-order valence-electron chi connectivity index (χ0n) is 11.1. The molecule has 18 heavy (non-hydrogen) atoms. The summed E-state index contributed by atoms with van der Waals surface area (Å²) in [5.74, 6) is 0. The van der Waals surface area contributed by atoms with Gasteiger partial charge < -0.3 is 5.11 Å². The van der Waals surface area contributed by atoms with Gasteiger partial charge in [0.1, 0.15) is 0 Å². The van der Waals surface area contributed by atoms with Crippen LogP contribution in [0.3, 0.4) is 0 Å². The van der Waals surface area contributed by atoms with Crippen LogP contribution in [0, 0.1) is 0 Å². The molecule has 0 heterocycles. The molecule has 0 saturated carbocycles. The monoisotopic (exact) mass is 238 g/mol. The molecule has 3 rings (SSSR count). The molecule has 0 amide bonds. The maximum atomic E-state index is 9.74. The molecule has 1 aliphatic rings. The van der Waals surface area contributed by atoms with Gasteiger partial charge in [0.2, 0.25) is 0 Å². The van der Waals surface area contributed by atoms with E-state index >= 15 is 0 Å². The number of hydrogen-bond acceptors (Lipinski definition) is 1. The molecule has 2 aromatic carbocycles. The second-order valence-corrected chi connectivity index (χ2v) is 5.65. The lowest BCUT2D eigenvalue weighted by atomic mass is 9.82. The SMILES string of the molecule is CC(O)c1ccc2c(c1)C(C)(C)c1ccccc1-2. The Kier molecular flexibility index (Phi) is 2.36. The van der Waals surface area contributed by atoms with Crippen LogP contribution in [0.15, 0.2) is 42.5 Å². The number of rotatable bonds is 1. The molecule has 0 fully saturated rings. The normalized spacial score (nSPS) is 17.1. The molecule has 2 aromatic rings. The van der Waals surface area contributed by atoms with Crippen molar-refractivity contribution in [1.82, 2.24) is 0 Å². The van der Waals surface area contributed by atoms with Crippen molar-refractivity contribution in [2.75, 3.05) is 0 Å². The van der Waals surface area contributed by atoms with E-state index in [2.05, 4.69) is 50.2 Å². The van der Waals surface area contributed by atoms with Crippen molar-refractivity contribution >= 4 is 0 Å². The topological polar surface area (TPSA) is 20.2 Å². The molecule has 1 atom stereocenters. The highest BCUT2D eigenvalue weighted by Crippen LogP contribution is 2.48. The average Bonchev–Trinajstić information content (AvgIpc) is 2.59. The van der Waals surface area contributed by atoms with Gasteiger partial charge >= 0.3 is 0 Å². The minimum Gasteiger partial charge on any atom is -0.389 e. The van der Waals surface area contributed by atoms with Gasteiger partial charge in [-0.05, 0) is 34.7 Å². The first kappa shape index (κ1) is 11.5. The number of aliphatic hydroxyl groups excluding tert-OH is 1. The summed E-state index contributed by atoms with van der Waals surface area (Å²) >= 11 is 0. The third-order valence-electron chi connectivity index (χ3n) is 4.09. The molecular formula is C17H18O. The van der Waals surface area contributed by atoms with Gasteiger partial charge in [0, 0.05) is 5.41 Å². The third-order valence-corrected chi connectivity index (χ3v) is 4.09. The van der Waals surface area contributed by atoms with Crippen LogP contribution in [-0.2, 0) is 5.41 Å². The zero-order chi connectivity index (χ0) is 12.9. The van der Waals surface area contributed by atoms with Gasteiger partial charge in [-0.25, -0.2) is 0 Å². The van der Waals surface area contributed by atoms with Crippen LogP contribution in [-0.4, -0.2) is 5.11 Å². The highest BCUT2D eigenvalue weighted by atomic mass is 16.3. The Morgan fingerprint density at radius 2 is 1.61 bits per heavy atom. The number of benzene rings is 2. The first-order valence-corrected chi connectivity index (χ1v) is 6.44. The molecule has 0 spiro atoms. The maximum absolute atomic E-state index is 9.74. The van der Waals surface area contributed by atoms with Crippen LogP contribution in [0.2, 0.25) is 0 Å². The molecule has 1 unspecified atom stereocenters. The van der Waals surface area contributed by atoms with Gasteiger partial charge in [0.15, 0.2) is 0 Å². The Bertz CT molecular complexity index is 609. The lowest BCUT2D eigenvalue weighted by Gasteiger charge is -2.22. The Hall–Kier alpha value is -1.60. The molecule has 1 heteroatoms. The van der Waals surface area contributed by atoms with Gasteiger partial charge in [-0.2, -0.15) is 0 Å². The first-order chi connectivity index (χ1) is 8.51. The van der Waals surface area contributed by atoms with Crippen molar-refractivity contribution in [2.24, 2.45) is 0 Å². The van der Waals surface area contributed by atoms with Crippen molar-refractivity contribution in [3.63, 3.8) is 0 Å². The van der Waals surface area contributed by atoms with Crippen LogP contribution in [0.4, 0.5) is 0 Å². The van der Waals surface area contributed by atoms with E-state index in [9.17, 15) is 5.11 Å². The minimum absolute atomic E-state index is 0.0246. The van der Waals surface area contributed by atoms with E-state index in [1.165, 1.54) is 22.3 Å². The minimum atomic E-state index is -0.408. The van der Waals surface area contributed by atoms with E-state index in [-0.39, 0.29) is 5.41 Å². The van der Waals surface area contributed by atoms with E-state index in [1.54, 1.807) is 0 Å². The van der Waals surface area contributed by atoms with E-state index in [0.717, 1.165) is 5.56 Å². The fourth-order valence-electron chi connectivity index (χ4n) is 2.98. The van der Waals surface area contributed by atoms with E-state index in [0.29, 0.717) is 0 Å². The molecule has 1 N–H and O–H groups in total. The summed E-state index contributed by atoms with van der Waals surface area (Å²) in [6.45, 7) is 6.32. The smallest absolute Gasteiger partial charge is 0.0762 e. The predicted octanol–water partition coefficient (Wildman–Crippen LogP) is 4.05. The summed E-state index contributed by atoms with van der Waals surface area (Å²) in [5.41, 5.74) is 6.35. The largest absolute Gasteiger partial charge is 0.389 e. The summed E-state index contributed by atoms with van der Waals surface area (Å²) < 4.78 is 0. The molecule has 0 aromatic heterocycles. The molecule has 0 bridgehead atoms. The molecule has 1 nitrogen and oxygen atoms in total. The Morgan fingerprint density at radius 1 is 0.944 bits per heavy atom. The van der Waals surface area contributed by atoms with Crippen LogP contribution < -0.4 is 0 Å². The van der Waals surface area contributed by atoms with Crippen molar-refractivity contribution in [3.05, 3.63) is 59.2 Å². The summed E-state index contributed by atoms with van der Waals surface area (Å²) in [5, 5.41) is 9.74. The summed E-state index contributed by atoms with van der Waals surface area (Å²) in [6.07, 6.45) is -0.408. The fraction of sp³-hybridized carbons (Fsp3) is 0.294. The van der Waals surface area contributed by atoms with Crippen molar-refractivity contribution < 1.29 is 5.11 Å². The van der Waals surface area contributed by atoms with Crippen molar-refractivity contribution in [3.8, 4) is 11.1 Å². The maximum Gasteiger partial charge on any atom is 0.0762 e. The number of fused-ring (bicyclic) bond motifs is 3. The number of aliphatic hydroxyl groups is 1. The second-order valence-electron chi connectivity index (χ2n) is 5.65. The quantitative estimate of drug-likeness (QED) is 0.794. The lowest BCUT2D eigenvalue weighted by molar-refractivity contribution is 0.199. The second kappa shape index (κ2) is 3.69. The molecule has 0 saturated heterocycles. The Balaban J connectivity index is 2.28. The van der Waals surface area contributed by atoms with Gasteiger partial charge in [-0.1, -0.05) is 56.3 Å². The van der Waals surface area contributed by atoms with E-state index in [1.807, 2.05) is 13.0 Å². The average molecular weight is 238 g/mol. The standard InChI is InChI=1S/C17H18O/c1-11(18)12-8-9-14-13-6-4-5-7-15(13)17(2,3)16(14)10-12/h4-11,18H,1-3H3. The van der Waals surface area contributed by atoms with E-state index < -0.39 is 6.10 Å². The predicted molar refractivity (Wildman–Crippen MR) is 74.6 cm³/mol. The summed E-state index contributed by atoms with van der Waals surface area (Å²) in [7, 11) is 0. The van der Waals surface area contributed by atoms with Crippen LogP contribution in [0.1, 0.15) is 43.6 Å². The van der Waals surface area contributed by atoms with Crippen molar-refractivity contribution in [1.29, 1.82) is 0 Å². The Morgan fingerprint density at radius 3 is 2.33 bits per heavy atom. The third kappa shape index (κ3) is 1.44. The molecule has 1 aliphatic carbocycles. The van der Waals surface area contributed by atoms with Gasteiger partial charge in [-0.3, -0.25) is 0 Å². The highest BCUT2D eigenvalue weighted by molar-refractivity contribution is 5.80. The van der Waals surface area contributed by atoms with Crippen LogP contribution in [0.25, 0.3) is 11.1 Å².